The highest BCUT2D eigenvalue weighted by Crippen LogP contribution is 2.25. The Kier molecular flexibility index (Phi) is 6.32. The summed E-state index contributed by atoms with van der Waals surface area (Å²) in [6, 6.07) is 5.10. The molecule has 2 aliphatic rings. The molecule has 1 aromatic rings. The van der Waals surface area contributed by atoms with Crippen LogP contribution in [0.25, 0.3) is 0 Å². The maximum absolute atomic E-state index is 12.7. The molecule has 136 valence electrons. The van der Waals surface area contributed by atoms with Crippen LogP contribution in [0.2, 0.25) is 5.02 Å². The van der Waals surface area contributed by atoms with Crippen LogP contribution < -0.4 is 10.6 Å². The molecule has 0 bridgehead atoms. The van der Waals surface area contributed by atoms with Crippen LogP contribution in [-0.4, -0.2) is 42.9 Å². The van der Waals surface area contributed by atoms with Crippen molar-refractivity contribution in [2.45, 2.75) is 38.5 Å². The topological polar surface area (TPSA) is 61.4 Å². The summed E-state index contributed by atoms with van der Waals surface area (Å²) in [5.74, 6) is 0.535. The fourth-order valence-electron chi connectivity index (χ4n) is 3.61. The number of nitrogens with one attached hydrogen (secondary N) is 2. The number of carbonyl (C=O) groups is 2. The number of hydrogen-bond donors (Lipinski definition) is 2. The normalized spacial score (nSPS) is 18.4. The Hall–Kier alpha value is -1.59. The minimum absolute atomic E-state index is 0.0312. The van der Waals surface area contributed by atoms with Gasteiger partial charge in [0.2, 0.25) is 5.91 Å². The third kappa shape index (κ3) is 4.95. The van der Waals surface area contributed by atoms with Crippen molar-refractivity contribution in [3.8, 4) is 0 Å². The van der Waals surface area contributed by atoms with Crippen LogP contribution in [0, 0.1) is 5.92 Å². The molecule has 5 nitrogen and oxygen atoms in total. The molecule has 0 atom stereocenters. The number of hydrogen-bond acceptors (Lipinski definition) is 3. The quantitative estimate of drug-likeness (QED) is 0.843. The standard InChI is InChI=1S/C19H26ClN3O2/c20-15-4-5-17(16(13-15)19(25)23-11-1-2-12-23)22-18(24)6-3-14-7-9-21-10-8-14/h4-5,13-14,21H,1-3,6-12H2,(H,22,24). The van der Waals surface area contributed by atoms with Crippen molar-refractivity contribution in [2.24, 2.45) is 5.92 Å². The van der Waals surface area contributed by atoms with Crippen LogP contribution in [0.5, 0.6) is 0 Å². The van der Waals surface area contributed by atoms with Crippen molar-refractivity contribution >= 4 is 29.1 Å². The molecular weight excluding hydrogens is 338 g/mol. The maximum Gasteiger partial charge on any atom is 0.256 e. The van der Waals surface area contributed by atoms with Gasteiger partial charge in [-0.05, 0) is 69.3 Å². The minimum atomic E-state index is -0.0475. The van der Waals surface area contributed by atoms with E-state index in [0.29, 0.717) is 28.6 Å². The van der Waals surface area contributed by atoms with Gasteiger partial charge in [-0.1, -0.05) is 11.6 Å². The predicted molar refractivity (Wildman–Crippen MR) is 100 cm³/mol. The second-order valence-corrected chi connectivity index (χ2v) is 7.41. The molecule has 2 N–H and O–H groups in total. The first-order valence-corrected chi connectivity index (χ1v) is 9.60. The van der Waals surface area contributed by atoms with Crippen molar-refractivity contribution in [3.05, 3.63) is 28.8 Å². The summed E-state index contributed by atoms with van der Waals surface area (Å²) in [7, 11) is 0. The minimum Gasteiger partial charge on any atom is -0.339 e. The fourth-order valence-corrected chi connectivity index (χ4v) is 3.78. The van der Waals surface area contributed by atoms with E-state index in [-0.39, 0.29) is 11.8 Å². The fraction of sp³-hybridized carbons (Fsp3) is 0.579. The van der Waals surface area contributed by atoms with Gasteiger partial charge in [-0.2, -0.15) is 0 Å². The Morgan fingerprint density at radius 1 is 1.20 bits per heavy atom. The van der Waals surface area contributed by atoms with Gasteiger partial charge in [-0.3, -0.25) is 9.59 Å². The SMILES string of the molecule is O=C(CCC1CCNCC1)Nc1ccc(Cl)cc1C(=O)N1CCCC1. The van der Waals surface area contributed by atoms with Crippen molar-refractivity contribution in [2.75, 3.05) is 31.5 Å². The summed E-state index contributed by atoms with van der Waals surface area (Å²) < 4.78 is 0. The molecule has 0 saturated carbocycles. The van der Waals surface area contributed by atoms with Gasteiger partial charge in [0.05, 0.1) is 11.3 Å². The number of likely N-dealkylation sites (tertiary alicyclic amines) is 1. The van der Waals surface area contributed by atoms with Crippen LogP contribution >= 0.6 is 11.6 Å². The summed E-state index contributed by atoms with van der Waals surface area (Å²) in [5, 5.41) is 6.77. The van der Waals surface area contributed by atoms with Crippen molar-refractivity contribution in [1.29, 1.82) is 0 Å². The van der Waals surface area contributed by atoms with E-state index in [4.69, 9.17) is 11.6 Å². The highest BCUT2D eigenvalue weighted by molar-refractivity contribution is 6.31. The first kappa shape index (κ1) is 18.2. The Labute approximate surface area is 154 Å². The van der Waals surface area contributed by atoms with E-state index in [1.165, 1.54) is 0 Å². The molecular formula is C19H26ClN3O2. The lowest BCUT2D eigenvalue weighted by atomic mass is 9.93. The molecule has 1 aromatic carbocycles. The van der Waals surface area contributed by atoms with E-state index >= 15 is 0 Å². The van der Waals surface area contributed by atoms with Gasteiger partial charge in [-0.15, -0.1) is 0 Å². The summed E-state index contributed by atoms with van der Waals surface area (Å²) in [6.45, 7) is 3.62. The summed E-state index contributed by atoms with van der Waals surface area (Å²) in [4.78, 5) is 26.9. The van der Waals surface area contributed by atoms with Crippen LogP contribution in [0.3, 0.4) is 0 Å². The molecule has 6 heteroatoms. The van der Waals surface area contributed by atoms with Gasteiger partial charge in [-0.25, -0.2) is 0 Å². The molecule has 2 saturated heterocycles. The molecule has 0 radical (unpaired) electrons. The van der Waals surface area contributed by atoms with E-state index in [9.17, 15) is 9.59 Å². The third-order valence-electron chi connectivity index (χ3n) is 5.12. The highest BCUT2D eigenvalue weighted by Gasteiger charge is 2.23. The van der Waals surface area contributed by atoms with Crippen LogP contribution in [0.15, 0.2) is 18.2 Å². The van der Waals surface area contributed by atoms with Crippen molar-refractivity contribution in [3.63, 3.8) is 0 Å². The Bertz CT molecular complexity index is 623. The molecule has 2 heterocycles. The smallest absolute Gasteiger partial charge is 0.256 e. The first-order valence-electron chi connectivity index (χ1n) is 9.23. The first-order chi connectivity index (χ1) is 12.1. The molecule has 3 rings (SSSR count). The lowest BCUT2D eigenvalue weighted by molar-refractivity contribution is -0.116. The molecule has 2 amide bonds. The van der Waals surface area contributed by atoms with Crippen LogP contribution in [-0.2, 0) is 4.79 Å². The van der Waals surface area contributed by atoms with Gasteiger partial charge >= 0.3 is 0 Å². The molecule has 2 fully saturated rings. The van der Waals surface area contributed by atoms with E-state index in [1.54, 1.807) is 18.2 Å². The van der Waals surface area contributed by atoms with Gasteiger partial charge in [0.25, 0.3) is 5.91 Å². The molecule has 2 aliphatic heterocycles. The predicted octanol–water partition coefficient (Wildman–Crippen LogP) is 3.29. The Morgan fingerprint density at radius 2 is 1.92 bits per heavy atom. The molecule has 0 aromatic heterocycles. The summed E-state index contributed by atoms with van der Waals surface area (Å²) >= 11 is 6.08. The second kappa shape index (κ2) is 8.68. The lowest BCUT2D eigenvalue weighted by Gasteiger charge is -2.22. The van der Waals surface area contributed by atoms with E-state index in [1.807, 2.05) is 4.90 Å². The zero-order valence-corrected chi connectivity index (χ0v) is 15.3. The molecule has 0 unspecified atom stereocenters. The average molecular weight is 364 g/mol. The number of nitrogens with zero attached hydrogens (tertiary/aromatic N) is 1. The van der Waals surface area contributed by atoms with Crippen molar-refractivity contribution < 1.29 is 9.59 Å². The monoisotopic (exact) mass is 363 g/mol. The number of carbonyl (C=O) groups excluding carboxylic acids is 2. The number of halogens is 1. The average Bonchev–Trinajstić information content (AvgIpc) is 3.16. The molecule has 25 heavy (non-hydrogen) atoms. The molecule has 0 spiro atoms. The van der Waals surface area contributed by atoms with Crippen LogP contribution in [0.1, 0.15) is 48.9 Å². The zero-order chi connectivity index (χ0) is 17.6. The van der Waals surface area contributed by atoms with E-state index in [0.717, 1.165) is 58.3 Å². The largest absolute Gasteiger partial charge is 0.339 e. The van der Waals surface area contributed by atoms with Gasteiger partial charge in [0.1, 0.15) is 0 Å². The van der Waals surface area contributed by atoms with Gasteiger partial charge in [0.15, 0.2) is 0 Å². The lowest BCUT2D eigenvalue weighted by Crippen LogP contribution is -2.29. The highest BCUT2D eigenvalue weighted by atomic mass is 35.5. The summed E-state index contributed by atoms with van der Waals surface area (Å²) in [5.41, 5.74) is 1.06. The third-order valence-corrected chi connectivity index (χ3v) is 5.35. The van der Waals surface area contributed by atoms with Crippen molar-refractivity contribution in [1.82, 2.24) is 10.2 Å². The Balaban J connectivity index is 1.62. The Morgan fingerprint density at radius 3 is 2.64 bits per heavy atom. The van der Waals surface area contributed by atoms with Gasteiger partial charge in [0, 0.05) is 24.5 Å². The molecule has 0 aliphatic carbocycles. The van der Waals surface area contributed by atoms with E-state index in [2.05, 4.69) is 10.6 Å². The maximum atomic E-state index is 12.7. The number of piperidine rings is 1. The number of amides is 2. The van der Waals surface area contributed by atoms with Crippen LogP contribution in [0.4, 0.5) is 5.69 Å². The second-order valence-electron chi connectivity index (χ2n) is 6.97. The summed E-state index contributed by atoms with van der Waals surface area (Å²) in [6.07, 6.45) is 5.72. The number of rotatable bonds is 5. The van der Waals surface area contributed by atoms with Gasteiger partial charge < -0.3 is 15.5 Å². The van der Waals surface area contributed by atoms with E-state index < -0.39 is 0 Å². The zero-order valence-electron chi connectivity index (χ0n) is 14.5. The number of anilines is 1. The number of benzene rings is 1.